The van der Waals surface area contributed by atoms with Gasteiger partial charge in [0.2, 0.25) is 5.91 Å². The van der Waals surface area contributed by atoms with Gasteiger partial charge in [-0.25, -0.2) is 4.79 Å². The van der Waals surface area contributed by atoms with Crippen LogP contribution in [-0.2, 0) is 29.4 Å². The van der Waals surface area contributed by atoms with Crippen molar-refractivity contribution in [3.05, 3.63) is 48.3 Å². The van der Waals surface area contributed by atoms with E-state index in [4.69, 9.17) is 14.2 Å². The number of nitrogens with one attached hydrogen (secondary N) is 1. The predicted octanol–water partition coefficient (Wildman–Crippen LogP) is 5.62. The number of hydrogen-bond donors (Lipinski definition) is 1. The van der Waals surface area contributed by atoms with Gasteiger partial charge in [-0.15, -0.1) is 0 Å². The van der Waals surface area contributed by atoms with E-state index in [1.54, 1.807) is 38.3 Å². The number of likely N-dealkylation sites (tertiary alicyclic amines) is 1. The van der Waals surface area contributed by atoms with E-state index in [9.17, 15) is 19.2 Å². The second-order valence-electron chi connectivity index (χ2n) is 16.4. The van der Waals surface area contributed by atoms with Gasteiger partial charge in [0.15, 0.2) is 11.4 Å². The summed E-state index contributed by atoms with van der Waals surface area (Å²) in [4.78, 5) is 65.1. The highest BCUT2D eigenvalue weighted by Gasteiger charge is 2.45. The topological polar surface area (TPSA) is 131 Å². The number of nitrogens with zero attached hydrogens (tertiary/aromatic N) is 4. The Labute approximate surface area is 307 Å². The molecular weight excluding hydrogens is 662 g/mol. The smallest absolute Gasteiger partial charge is 0.410 e. The lowest BCUT2D eigenvalue weighted by Gasteiger charge is -2.40. The maximum absolute atomic E-state index is 14.4. The highest BCUT2D eigenvalue weighted by Crippen LogP contribution is 2.43. The Bertz CT molecular complexity index is 1630. The van der Waals surface area contributed by atoms with Crippen LogP contribution in [0.2, 0.25) is 0 Å². The van der Waals surface area contributed by atoms with E-state index in [0.29, 0.717) is 37.4 Å². The molecular formula is C40H55N5O7. The fourth-order valence-electron chi connectivity index (χ4n) is 7.91. The van der Waals surface area contributed by atoms with Crippen LogP contribution in [-0.4, -0.2) is 90.7 Å². The lowest BCUT2D eigenvalue weighted by Crippen LogP contribution is -2.55. The summed E-state index contributed by atoms with van der Waals surface area (Å²) in [6, 6.07) is 9.88. The molecule has 282 valence electrons. The zero-order valence-electron chi connectivity index (χ0n) is 31.6. The molecule has 0 spiro atoms. The number of methoxy groups -OCH3 is 1. The van der Waals surface area contributed by atoms with Crippen LogP contribution in [0.4, 0.5) is 16.2 Å². The molecule has 0 radical (unpaired) electrons. The second kappa shape index (κ2) is 15.0. The molecule has 12 nitrogen and oxygen atoms in total. The number of amides is 3. The first-order valence-corrected chi connectivity index (χ1v) is 18.8. The third kappa shape index (κ3) is 8.37. The Morgan fingerprint density at radius 1 is 1.04 bits per heavy atom. The maximum atomic E-state index is 14.4. The van der Waals surface area contributed by atoms with Crippen molar-refractivity contribution in [1.82, 2.24) is 15.2 Å². The SMILES string of the molecule is COCCCN1C(=O)C(C)(C)Oc2ccc(N(CC(=O)[C@@H]3C[C@H](C(=O)NC4(c5ccncc5)CCCC4)CN(C(=O)OC(C)(C)C)C3)C3CC3)cc21. The minimum absolute atomic E-state index is 0.0363. The molecule has 0 bridgehead atoms. The van der Waals surface area contributed by atoms with Crippen LogP contribution in [0.1, 0.15) is 91.5 Å². The number of piperidine rings is 1. The number of rotatable bonds is 12. The average molecular weight is 718 g/mol. The summed E-state index contributed by atoms with van der Waals surface area (Å²) >= 11 is 0. The molecule has 2 saturated carbocycles. The fourth-order valence-corrected chi connectivity index (χ4v) is 7.91. The molecule has 52 heavy (non-hydrogen) atoms. The highest BCUT2D eigenvalue weighted by molar-refractivity contribution is 6.03. The van der Waals surface area contributed by atoms with Crippen molar-refractivity contribution in [3.63, 3.8) is 0 Å². The van der Waals surface area contributed by atoms with Crippen LogP contribution in [0, 0.1) is 11.8 Å². The van der Waals surface area contributed by atoms with Crippen molar-refractivity contribution in [1.29, 1.82) is 0 Å². The third-order valence-corrected chi connectivity index (χ3v) is 10.7. The van der Waals surface area contributed by atoms with E-state index in [1.165, 1.54) is 4.90 Å². The number of Topliss-reactive ketones (excluding diaryl/α,β-unsaturated/α-hetero) is 1. The van der Waals surface area contributed by atoms with Gasteiger partial charge in [0.25, 0.3) is 5.91 Å². The van der Waals surface area contributed by atoms with Gasteiger partial charge in [0, 0.05) is 63.4 Å². The van der Waals surface area contributed by atoms with Crippen molar-refractivity contribution < 1.29 is 33.4 Å². The van der Waals surface area contributed by atoms with Crippen LogP contribution < -0.4 is 19.9 Å². The van der Waals surface area contributed by atoms with Crippen LogP contribution in [0.3, 0.4) is 0 Å². The molecule has 0 unspecified atom stereocenters. The molecule has 2 atom stereocenters. The van der Waals surface area contributed by atoms with Crippen LogP contribution >= 0.6 is 0 Å². The van der Waals surface area contributed by atoms with Crippen molar-refractivity contribution in [2.45, 2.75) is 109 Å². The van der Waals surface area contributed by atoms with Crippen molar-refractivity contribution in [2.24, 2.45) is 11.8 Å². The summed E-state index contributed by atoms with van der Waals surface area (Å²) in [5, 5.41) is 3.38. The van der Waals surface area contributed by atoms with E-state index in [0.717, 1.165) is 49.8 Å². The standard InChI is InChI=1S/C40H55N5O7/c1-38(2,3)52-37(49)43-24-27(22-28(25-43)35(47)42-40(16-7-8-17-40)29-14-18-41-19-15-29)33(46)26-45(30-10-11-30)31-12-13-34-32(23-31)44(20-9-21-50-6)36(48)39(4,5)51-34/h12-15,18-19,23,27-28,30H,7-11,16-17,20-22,24-26H2,1-6H3,(H,42,47)/t27-,28+/m1/s1. The zero-order valence-corrected chi connectivity index (χ0v) is 31.6. The molecule has 1 aromatic carbocycles. The second-order valence-corrected chi connectivity index (χ2v) is 16.4. The number of carbonyl (C=O) groups is 4. The Hall–Kier alpha value is -4.19. The Morgan fingerprint density at radius 3 is 2.38 bits per heavy atom. The van der Waals surface area contributed by atoms with Gasteiger partial charge < -0.3 is 34.2 Å². The van der Waals surface area contributed by atoms with Gasteiger partial charge in [-0.3, -0.25) is 19.4 Å². The predicted molar refractivity (Wildman–Crippen MR) is 197 cm³/mol. The Morgan fingerprint density at radius 2 is 1.73 bits per heavy atom. The Kier molecular flexibility index (Phi) is 10.9. The van der Waals surface area contributed by atoms with Crippen LogP contribution in [0.5, 0.6) is 5.75 Å². The Balaban J connectivity index is 1.24. The molecule has 6 rings (SSSR count). The first-order chi connectivity index (χ1) is 24.7. The summed E-state index contributed by atoms with van der Waals surface area (Å²) in [5.41, 5.74) is 0.301. The van der Waals surface area contributed by atoms with Gasteiger partial charge in [-0.05, 0) is 109 Å². The molecule has 4 aliphatic rings. The summed E-state index contributed by atoms with van der Waals surface area (Å²) in [6.45, 7) is 10.5. The van der Waals surface area contributed by atoms with Crippen molar-refractivity contribution in [2.75, 3.05) is 49.7 Å². The van der Waals surface area contributed by atoms with Crippen molar-refractivity contribution in [3.8, 4) is 5.75 Å². The molecule has 1 saturated heterocycles. The number of hydrogen-bond acceptors (Lipinski definition) is 9. The fraction of sp³-hybridized carbons (Fsp3) is 0.625. The van der Waals surface area contributed by atoms with Gasteiger partial charge in [-0.1, -0.05) is 12.8 Å². The first-order valence-electron chi connectivity index (χ1n) is 18.8. The number of carbonyl (C=O) groups excluding carboxylic acids is 4. The number of pyridine rings is 1. The summed E-state index contributed by atoms with van der Waals surface area (Å²) < 4.78 is 17.2. The molecule has 1 N–H and O–H groups in total. The minimum atomic E-state index is -1.01. The van der Waals surface area contributed by atoms with E-state index in [2.05, 4.69) is 15.2 Å². The van der Waals surface area contributed by atoms with Crippen molar-refractivity contribution >= 4 is 35.1 Å². The number of benzene rings is 1. The highest BCUT2D eigenvalue weighted by atomic mass is 16.6. The number of aromatic nitrogens is 1. The van der Waals surface area contributed by atoms with Crippen LogP contribution in [0.25, 0.3) is 0 Å². The number of ether oxygens (including phenoxy) is 3. The lowest BCUT2D eigenvalue weighted by molar-refractivity contribution is -0.133. The monoisotopic (exact) mass is 717 g/mol. The summed E-state index contributed by atoms with van der Waals surface area (Å²) in [7, 11) is 1.64. The number of fused-ring (bicyclic) bond motifs is 1. The van der Waals surface area contributed by atoms with E-state index >= 15 is 0 Å². The first kappa shape index (κ1) is 37.6. The van der Waals surface area contributed by atoms with Gasteiger partial charge in [0.05, 0.1) is 23.7 Å². The normalized spacial score (nSPS) is 22.3. The molecule has 3 heterocycles. The average Bonchev–Trinajstić information content (AvgIpc) is 3.84. The minimum Gasteiger partial charge on any atom is -0.476 e. The van der Waals surface area contributed by atoms with E-state index in [-0.39, 0.29) is 43.3 Å². The molecule has 3 amide bonds. The third-order valence-electron chi connectivity index (χ3n) is 10.7. The summed E-state index contributed by atoms with van der Waals surface area (Å²) in [5.74, 6) is -0.842. The molecule has 2 aromatic rings. The van der Waals surface area contributed by atoms with Gasteiger partial charge in [0.1, 0.15) is 11.4 Å². The zero-order chi connectivity index (χ0) is 37.3. The lowest BCUT2D eigenvalue weighted by atomic mass is 9.83. The van der Waals surface area contributed by atoms with Gasteiger partial charge in [-0.2, -0.15) is 0 Å². The molecule has 2 aliphatic carbocycles. The quantitative estimate of drug-likeness (QED) is 0.278. The number of anilines is 2. The van der Waals surface area contributed by atoms with Crippen LogP contribution in [0.15, 0.2) is 42.7 Å². The molecule has 2 aliphatic heterocycles. The maximum Gasteiger partial charge on any atom is 0.410 e. The largest absolute Gasteiger partial charge is 0.476 e. The van der Waals surface area contributed by atoms with E-state index < -0.39 is 34.7 Å². The number of ketones is 1. The van der Waals surface area contributed by atoms with Gasteiger partial charge >= 0.3 is 6.09 Å². The molecule has 3 fully saturated rings. The summed E-state index contributed by atoms with van der Waals surface area (Å²) in [6.07, 6.45) is 9.52. The van der Waals surface area contributed by atoms with E-state index in [1.807, 2.05) is 51.1 Å². The molecule has 1 aromatic heterocycles. The molecule has 12 heteroatoms.